The lowest BCUT2D eigenvalue weighted by Crippen LogP contribution is -2.81. The zero-order valence-electron chi connectivity index (χ0n) is 34.6. The third-order valence-corrected chi connectivity index (χ3v) is 13.9. The van der Waals surface area contributed by atoms with Crippen molar-refractivity contribution in [1.29, 1.82) is 0 Å². The number of ether oxygens (including phenoxy) is 4. The first kappa shape index (κ1) is 43.4. The summed E-state index contributed by atoms with van der Waals surface area (Å²) in [6.07, 6.45) is -3.69. The predicted molar refractivity (Wildman–Crippen MR) is 214 cm³/mol. The number of hydrogen-bond donors (Lipinski definition) is 5. The third-order valence-electron chi connectivity index (χ3n) is 13.9. The van der Waals surface area contributed by atoms with E-state index in [1.54, 1.807) is 68.4 Å². The van der Waals surface area contributed by atoms with Crippen LogP contribution in [0.2, 0.25) is 0 Å². The highest BCUT2D eigenvalue weighted by atomic mass is 16.6. The fourth-order valence-electron chi connectivity index (χ4n) is 10.5. The van der Waals surface area contributed by atoms with Crippen LogP contribution in [-0.4, -0.2) is 104 Å². The summed E-state index contributed by atoms with van der Waals surface area (Å²) in [7, 11) is 0. The molecule has 0 spiro atoms. The summed E-state index contributed by atoms with van der Waals surface area (Å²) in [5.41, 5.74) is -6.10. The summed E-state index contributed by atoms with van der Waals surface area (Å²) in [6.45, 7) is 6.98. The first-order chi connectivity index (χ1) is 28.4. The van der Waals surface area contributed by atoms with Gasteiger partial charge in [-0.05, 0) is 73.9 Å². The molecule has 6 aliphatic rings. The van der Waals surface area contributed by atoms with E-state index in [2.05, 4.69) is 5.32 Å². The summed E-state index contributed by atoms with van der Waals surface area (Å²) in [4.78, 5) is 69.8. The molecule has 60 heavy (non-hydrogen) atoms. The number of esters is 3. The van der Waals surface area contributed by atoms with Crippen LogP contribution in [0.3, 0.4) is 0 Å². The van der Waals surface area contributed by atoms with Crippen molar-refractivity contribution in [1.82, 2.24) is 5.32 Å². The van der Waals surface area contributed by atoms with Crippen molar-refractivity contribution in [2.75, 3.05) is 6.61 Å². The number of nitrogens with one attached hydrogen (secondary N) is 1. The Morgan fingerprint density at radius 2 is 1.62 bits per heavy atom. The Hall–Kier alpha value is -4.73. The summed E-state index contributed by atoms with van der Waals surface area (Å²) in [5, 5.41) is 52.2. The number of fused-ring (bicyclic) bond motifs is 18. The van der Waals surface area contributed by atoms with Crippen LogP contribution in [0.15, 0.2) is 77.9 Å². The molecule has 2 aromatic rings. The molecule has 1 saturated heterocycles. The molecule has 1 unspecified atom stereocenters. The fourth-order valence-corrected chi connectivity index (χ4v) is 10.5. The molecule has 0 radical (unpaired) electrons. The molecule has 322 valence electrons. The number of aliphatic hydroxyl groups is 4. The van der Waals surface area contributed by atoms with Gasteiger partial charge in [0.25, 0.3) is 0 Å². The van der Waals surface area contributed by atoms with Crippen LogP contribution in [0.4, 0.5) is 0 Å². The largest absolute Gasteiger partial charge is 0.456 e. The Bertz CT molecular complexity index is 2080. The van der Waals surface area contributed by atoms with Gasteiger partial charge in [0, 0.05) is 31.6 Å². The van der Waals surface area contributed by atoms with Gasteiger partial charge in [-0.1, -0.05) is 68.5 Å². The van der Waals surface area contributed by atoms with Crippen LogP contribution in [-0.2, 0) is 44.5 Å². The SMILES string of the molecule is CC(=O)O[C@@]12CO[C@@H]1C[C@H](O)[C@@]1(C)C(=O)[C@H](O)C3=C(C)[C@@H]4C[C@@](O)([C@@H](OC(=O)c5ccc(cc5)C/C=C\CCCCC(=O)N[C@@H](c5ccccc5)[C@@H](O)C(=O)O4)C12)C3(C)C. The Morgan fingerprint density at radius 3 is 2.27 bits per heavy atom. The molecule has 8 rings (SSSR count). The van der Waals surface area contributed by atoms with Gasteiger partial charge < -0.3 is 44.7 Å². The molecule has 3 aliphatic heterocycles. The smallest absolute Gasteiger partial charge is 0.338 e. The van der Waals surface area contributed by atoms with Crippen molar-refractivity contribution in [2.45, 2.75) is 133 Å². The number of ketones is 1. The third kappa shape index (κ3) is 7.19. The number of benzene rings is 2. The maximum Gasteiger partial charge on any atom is 0.338 e. The summed E-state index contributed by atoms with van der Waals surface area (Å²) < 4.78 is 24.4. The molecule has 3 aliphatic carbocycles. The van der Waals surface area contributed by atoms with Gasteiger partial charge in [-0.3, -0.25) is 14.4 Å². The molecule has 5 N–H and O–H groups in total. The number of allylic oxidation sites excluding steroid dienone is 2. The van der Waals surface area contributed by atoms with Crippen LogP contribution in [0, 0.1) is 16.7 Å². The maximum absolute atomic E-state index is 15.0. The van der Waals surface area contributed by atoms with Gasteiger partial charge in [0.1, 0.15) is 30.0 Å². The predicted octanol–water partition coefficient (Wildman–Crippen LogP) is 3.52. The molecule has 1 amide bonds. The molecule has 14 heteroatoms. The van der Waals surface area contributed by atoms with Gasteiger partial charge in [-0.25, -0.2) is 9.59 Å². The Balaban J connectivity index is 1.40. The minimum atomic E-state index is -2.33. The average Bonchev–Trinajstić information content (AvgIpc) is 3.20. The van der Waals surface area contributed by atoms with Crippen LogP contribution in [0.1, 0.15) is 101 Å². The van der Waals surface area contributed by atoms with Gasteiger partial charge in [-0.2, -0.15) is 0 Å². The van der Waals surface area contributed by atoms with E-state index in [0.717, 1.165) is 5.56 Å². The minimum absolute atomic E-state index is 0.0363. The highest BCUT2D eigenvalue weighted by Gasteiger charge is 2.78. The first-order valence-corrected chi connectivity index (χ1v) is 20.7. The van der Waals surface area contributed by atoms with Crippen molar-refractivity contribution < 1.29 is 63.3 Å². The summed E-state index contributed by atoms with van der Waals surface area (Å²) in [5.74, 6) is -5.62. The number of carbonyl (C=O) groups is 5. The first-order valence-electron chi connectivity index (χ1n) is 20.7. The van der Waals surface area contributed by atoms with Crippen molar-refractivity contribution in [3.8, 4) is 0 Å². The molecule has 5 bridgehead atoms. The lowest BCUT2D eigenvalue weighted by atomic mass is 9.44. The molecular weight excluding hydrogens is 774 g/mol. The van der Waals surface area contributed by atoms with Gasteiger partial charge in [-0.15, -0.1) is 0 Å². The van der Waals surface area contributed by atoms with Crippen LogP contribution in [0.25, 0.3) is 0 Å². The van der Waals surface area contributed by atoms with E-state index in [9.17, 15) is 39.6 Å². The molecule has 14 nitrogen and oxygen atoms in total. The number of Topliss-reactive ketones (excluding diaryl/α,β-unsaturated/α-hetero) is 1. The van der Waals surface area contributed by atoms with E-state index in [-0.39, 0.29) is 36.2 Å². The molecule has 2 saturated carbocycles. The number of amides is 1. The summed E-state index contributed by atoms with van der Waals surface area (Å²) in [6, 6.07) is 13.9. The van der Waals surface area contributed by atoms with Crippen LogP contribution >= 0.6 is 0 Å². The molecular formula is C46H55NO13. The number of hydrogen-bond acceptors (Lipinski definition) is 13. The highest BCUT2D eigenvalue weighted by molar-refractivity contribution is 5.94. The van der Waals surface area contributed by atoms with Gasteiger partial charge in [0.05, 0.1) is 35.6 Å². The van der Waals surface area contributed by atoms with Crippen LogP contribution in [0.5, 0.6) is 0 Å². The van der Waals surface area contributed by atoms with Crippen molar-refractivity contribution in [3.63, 3.8) is 0 Å². The van der Waals surface area contributed by atoms with E-state index in [0.29, 0.717) is 31.2 Å². The fraction of sp³-hybridized carbons (Fsp3) is 0.543. The van der Waals surface area contributed by atoms with E-state index in [1.165, 1.54) is 20.8 Å². The number of carbonyl (C=O) groups excluding carboxylic acids is 5. The van der Waals surface area contributed by atoms with Crippen LogP contribution < -0.4 is 5.32 Å². The minimum Gasteiger partial charge on any atom is -0.456 e. The molecule has 3 heterocycles. The van der Waals surface area contributed by atoms with Crippen molar-refractivity contribution >= 4 is 29.6 Å². The standard InChI is InChI=1S/C46H55NO13/c1-25-30-23-46(56)40(38-44(5,39(53)36(51)34(25)43(46,3)4)31(49)22-32-45(38,24-57-32)60-26(2)48)59-41(54)29-20-18-27(19-21-29)14-10-7-6-8-13-17-33(50)47-35(37(52)42(55)58-30)28-15-11-9-12-16-28/h7,9-12,15-16,18-21,30-32,35-38,40,49,51-52,56H,6,8,13-14,17,22-24H2,1-5H3,(H,47,50)/b10-7-/t30-,31-,32+,35-,36+,37+,38?,40-,44+,45-,46+/m0/s1. The second kappa shape index (κ2) is 16.3. The zero-order valence-corrected chi connectivity index (χ0v) is 34.6. The van der Waals surface area contributed by atoms with Crippen molar-refractivity contribution in [2.24, 2.45) is 16.7 Å². The maximum atomic E-state index is 15.0. The highest BCUT2D eigenvalue weighted by Crippen LogP contribution is 2.64. The van der Waals surface area contributed by atoms with E-state index >= 15 is 4.79 Å². The molecule has 0 aromatic heterocycles. The Labute approximate surface area is 348 Å². The lowest BCUT2D eigenvalue weighted by Gasteiger charge is -2.67. The van der Waals surface area contributed by atoms with Crippen molar-refractivity contribution in [3.05, 3.63) is 94.6 Å². The Kier molecular flexibility index (Phi) is 11.8. The quantitative estimate of drug-likeness (QED) is 0.167. The van der Waals surface area contributed by atoms with E-state index in [4.69, 9.17) is 18.9 Å². The average molecular weight is 830 g/mol. The normalized spacial score (nSPS) is 37.8. The second-order valence-electron chi connectivity index (χ2n) is 17.7. The summed E-state index contributed by atoms with van der Waals surface area (Å²) >= 11 is 0. The number of aliphatic hydroxyl groups excluding tert-OH is 3. The zero-order chi connectivity index (χ0) is 43.4. The van der Waals surface area contributed by atoms with Gasteiger partial charge in [0.15, 0.2) is 17.5 Å². The molecule has 11 atom stereocenters. The molecule has 2 aromatic carbocycles. The van der Waals surface area contributed by atoms with E-state index < -0.39 is 107 Å². The lowest BCUT2D eigenvalue weighted by molar-refractivity contribution is -0.346. The monoisotopic (exact) mass is 829 g/mol. The Morgan fingerprint density at radius 1 is 0.917 bits per heavy atom. The second-order valence-corrected chi connectivity index (χ2v) is 17.7. The van der Waals surface area contributed by atoms with Gasteiger partial charge in [0.2, 0.25) is 5.91 Å². The van der Waals surface area contributed by atoms with Gasteiger partial charge >= 0.3 is 17.9 Å². The molecule has 3 fully saturated rings. The topological polar surface area (TPSA) is 215 Å². The van der Waals surface area contributed by atoms with E-state index in [1.807, 2.05) is 12.2 Å². The number of rotatable bonds is 2.